The third-order valence-corrected chi connectivity index (χ3v) is 1.58. The van der Waals surface area contributed by atoms with Crippen molar-refractivity contribution in [3.05, 3.63) is 47.9 Å². The molecule has 0 saturated carbocycles. The van der Waals surface area contributed by atoms with Crippen molar-refractivity contribution >= 4 is 12.3 Å². The molecule has 2 heteroatoms. The monoisotopic (exact) mass is 186 g/mol. The van der Waals surface area contributed by atoms with Crippen LogP contribution in [0.25, 0.3) is 6.08 Å². The highest BCUT2D eigenvalue weighted by Gasteiger charge is 1.85. The number of aryl methyl sites for hydroxylation is 1. The number of aliphatic imine (C=N–C) groups is 1. The summed E-state index contributed by atoms with van der Waals surface area (Å²) >= 11 is 0. The van der Waals surface area contributed by atoms with Gasteiger partial charge in [-0.15, -0.1) is 0 Å². The molecule has 0 fully saturated rings. The Bertz CT molecular complexity index is 358. The average molecular weight is 186 g/mol. The normalized spacial score (nSPS) is 11.3. The zero-order valence-electron chi connectivity index (χ0n) is 8.57. The van der Waals surface area contributed by atoms with E-state index in [1.807, 2.05) is 38.3 Å². The molecule has 0 spiro atoms. The average Bonchev–Trinajstić information content (AvgIpc) is 2.15. The molecule has 0 N–H and O–H groups in total. The quantitative estimate of drug-likeness (QED) is 0.666. The smallest absolute Gasteiger partial charge is 0.0373 e. The van der Waals surface area contributed by atoms with Crippen LogP contribution in [0.2, 0.25) is 0 Å². The molecule has 0 atom stereocenters. The highest BCUT2D eigenvalue weighted by molar-refractivity contribution is 5.77. The van der Waals surface area contributed by atoms with E-state index in [0.29, 0.717) is 0 Å². The van der Waals surface area contributed by atoms with E-state index < -0.39 is 0 Å². The zero-order valence-corrected chi connectivity index (χ0v) is 8.57. The first-order valence-electron chi connectivity index (χ1n) is 4.46. The molecule has 72 valence electrons. The molecule has 0 bridgehead atoms. The lowest BCUT2D eigenvalue weighted by atomic mass is 10.2. The van der Waals surface area contributed by atoms with Gasteiger partial charge in [0, 0.05) is 24.3 Å². The maximum atomic E-state index is 4.17. The number of hydrogen-bond donors (Lipinski definition) is 0. The summed E-state index contributed by atoms with van der Waals surface area (Å²) in [5.74, 6) is 0. The van der Waals surface area contributed by atoms with Gasteiger partial charge in [-0.3, -0.25) is 9.98 Å². The van der Waals surface area contributed by atoms with E-state index in [2.05, 4.69) is 16.6 Å². The third kappa shape index (κ3) is 3.81. The molecule has 1 heterocycles. The minimum Gasteiger partial charge on any atom is -0.264 e. The van der Waals surface area contributed by atoms with E-state index in [9.17, 15) is 0 Å². The maximum Gasteiger partial charge on any atom is 0.0373 e. The highest BCUT2D eigenvalue weighted by atomic mass is 14.7. The SMILES string of the molecule is C=C(C)C=N/C=C/c1ccc(C)nc1. The molecule has 0 aliphatic carbocycles. The first-order valence-corrected chi connectivity index (χ1v) is 4.46. The minimum atomic E-state index is 0.941. The molecular weight excluding hydrogens is 172 g/mol. The summed E-state index contributed by atoms with van der Waals surface area (Å²) in [4.78, 5) is 8.23. The molecule has 0 radical (unpaired) electrons. The predicted molar refractivity (Wildman–Crippen MR) is 61.3 cm³/mol. The number of rotatable bonds is 3. The fraction of sp³-hybridized carbons (Fsp3) is 0.167. The van der Waals surface area contributed by atoms with Gasteiger partial charge in [-0.2, -0.15) is 0 Å². The van der Waals surface area contributed by atoms with Gasteiger partial charge >= 0.3 is 0 Å². The Kier molecular flexibility index (Phi) is 3.80. The van der Waals surface area contributed by atoms with Crippen LogP contribution in [0.4, 0.5) is 0 Å². The lowest BCUT2D eigenvalue weighted by Gasteiger charge is -1.92. The molecule has 1 aromatic rings. The number of pyridine rings is 1. The van der Waals surface area contributed by atoms with E-state index in [4.69, 9.17) is 0 Å². The second-order valence-corrected chi connectivity index (χ2v) is 3.17. The van der Waals surface area contributed by atoms with E-state index >= 15 is 0 Å². The van der Waals surface area contributed by atoms with Crippen molar-refractivity contribution in [3.8, 4) is 0 Å². The fourth-order valence-electron chi connectivity index (χ4n) is 0.877. The van der Waals surface area contributed by atoms with Gasteiger partial charge in [0.05, 0.1) is 0 Å². The Hall–Kier alpha value is -1.70. The van der Waals surface area contributed by atoms with Crippen LogP contribution >= 0.6 is 0 Å². The number of allylic oxidation sites excluding steroid dienone is 1. The van der Waals surface area contributed by atoms with Gasteiger partial charge in [-0.1, -0.05) is 12.6 Å². The molecule has 0 aliphatic rings. The van der Waals surface area contributed by atoms with Crippen molar-refractivity contribution in [2.24, 2.45) is 4.99 Å². The van der Waals surface area contributed by atoms with Gasteiger partial charge in [0.15, 0.2) is 0 Å². The molecule has 1 rings (SSSR count). The summed E-state index contributed by atoms with van der Waals surface area (Å²) in [6.07, 6.45) is 7.19. The van der Waals surface area contributed by atoms with Gasteiger partial charge in [0.1, 0.15) is 0 Å². The molecule has 0 aromatic carbocycles. The minimum absolute atomic E-state index is 0.941. The summed E-state index contributed by atoms with van der Waals surface area (Å²) in [5, 5.41) is 0. The number of hydrogen-bond acceptors (Lipinski definition) is 2. The Morgan fingerprint density at radius 1 is 1.50 bits per heavy atom. The second kappa shape index (κ2) is 5.12. The van der Waals surface area contributed by atoms with Crippen LogP contribution < -0.4 is 0 Å². The lowest BCUT2D eigenvalue weighted by Crippen LogP contribution is -1.79. The van der Waals surface area contributed by atoms with Crippen molar-refractivity contribution in [1.82, 2.24) is 4.98 Å². The lowest BCUT2D eigenvalue weighted by molar-refractivity contribution is 1.19. The summed E-state index contributed by atoms with van der Waals surface area (Å²) in [5.41, 5.74) is 3.01. The van der Waals surface area contributed by atoms with Gasteiger partial charge < -0.3 is 0 Å². The second-order valence-electron chi connectivity index (χ2n) is 3.17. The fourth-order valence-corrected chi connectivity index (χ4v) is 0.877. The topological polar surface area (TPSA) is 25.2 Å². The molecule has 0 aliphatic heterocycles. The van der Waals surface area contributed by atoms with Crippen LogP contribution in [0.1, 0.15) is 18.2 Å². The summed E-state index contributed by atoms with van der Waals surface area (Å²) < 4.78 is 0. The van der Waals surface area contributed by atoms with Crippen molar-refractivity contribution in [2.75, 3.05) is 0 Å². The third-order valence-electron chi connectivity index (χ3n) is 1.58. The highest BCUT2D eigenvalue weighted by Crippen LogP contribution is 2.01. The Balaban J connectivity index is 2.60. The molecule has 2 nitrogen and oxygen atoms in total. The van der Waals surface area contributed by atoms with Crippen LogP contribution in [0, 0.1) is 6.92 Å². The Morgan fingerprint density at radius 2 is 2.29 bits per heavy atom. The summed E-state index contributed by atoms with van der Waals surface area (Å²) in [6.45, 7) is 7.59. The molecule has 1 aromatic heterocycles. The van der Waals surface area contributed by atoms with Crippen molar-refractivity contribution in [3.63, 3.8) is 0 Å². The van der Waals surface area contributed by atoms with Gasteiger partial charge in [0.25, 0.3) is 0 Å². The van der Waals surface area contributed by atoms with E-state index in [1.165, 1.54) is 0 Å². The zero-order chi connectivity index (χ0) is 10.4. The largest absolute Gasteiger partial charge is 0.264 e. The maximum absolute atomic E-state index is 4.17. The standard InChI is InChI=1S/C12H14N2/c1-10(2)8-13-7-6-12-5-4-11(3)14-9-12/h4-9H,1H2,2-3H3/b7-6+,13-8?. The van der Waals surface area contributed by atoms with Crippen LogP contribution in [-0.2, 0) is 0 Å². The van der Waals surface area contributed by atoms with Crippen molar-refractivity contribution in [1.29, 1.82) is 0 Å². The Morgan fingerprint density at radius 3 is 2.86 bits per heavy atom. The number of nitrogens with zero attached hydrogens (tertiary/aromatic N) is 2. The van der Waals surface area contributed by atoms with Gasteiger partial charge in [-0.05, 0) is 37.1 Å². The first kappa shape index (κ1) is 10.4. The van der Waals surface area contributed by atoms with Crippen molar-refractivity contribution < 1.29 is 0 Å². The van der Waals surface area contributed by atoms with Gasteiger partial charge in [0.2, 0.25) is 0 Å². The Labute approximate surface area is 84.7 Å². The van der Waals surface area contributed by atoms with E-state index in [-0.39, 0.29) is 0 Å². The van der Waals surface area contributed by atoms with Crippen molar-refractivity contribution in [2.45, 2.75) is 13.8 Å². The van der Waals surface area contributed by atoms with Gasteiger partial charge in [-0.25, -0.2) is 0 Å². The van der Waals surface area contributed by atoms with Crippen LogP contribution in [0.5, 0.6) is 0 Å². The first-order chi connectivity index (χ1) is 6.68. The molecule has 14 heavy (non-hydrogen) atoms. The van der Waals surface area contributed by atoms with E-state index in [1.54, 1.807) is 12.4 Å². The predicted octanol–water partition coefficient (Wildman–Crippen LogP) is 3.01. The number of aromatic nitrogens is 1. The van der Waals surface area contributed by atoms with Crippen LogP contribution in [0.3, 0.4) is 0 Å². The molecule has 0 saturated heterocycles. The molecule has 0 amide bonds. The van der Waals surface area contributed by atoms with Crippen LogP contribution in [0.15, 0.2) is 41.7 Å². The van der Waals surface area contributed by atoms with E-state index in [0.717, 1.165) is 16.8 Å². The van der Waals surface area contributed by atoms with Crippen LogP contribution in [-0.4, -0.2) is 11.2 Å². The molecular formula is C12H14N2. The molecule has 0 unspecified atom stereocenters. The summed E-state index contributed by atoms with van der Waals surface area (Å²) in [7, 11) is 0. The summed E-state index contributed by atoms with van der Waals surface area (Å²) in [6, 6.07) is 3.98.